The smallest absolute Gasteiger partial charge is 0.422 e. The summed E-state index contributed by atoms with van der Waals surface area (Å²) in [6.45, 7) is 5.99. The van der Waals surface area contributed by atoms with Crippen LogP contribution in [0.3, 0.4) is 0 Å². The Bertz CT molecular complexity index is 3360. The molecule has 2 aromatic heterocycles. The number of aromatic nitrogens is 3. The number of imide groups is 2. The van der Waals surface area contributed by atoms with E-state index in [1.54, 1.807) is 39.0 Å². The summed E-state index contributed by atoms with van der Waals surface area (Å²) < 4.78 is 53.9. The second kappa shape index (κ2) is 25.8. The first kappa shape index (κ1) is 59.5. The van der Waals surface area contributed by atoms with Crippen molar-refractivity contribution in [2.24, 2.45) is 7.05 Å². The van der Waals surface area contributed by atoms with Crippen molar-refractivity contribution in [3.63, 3.8) is 0 Å². The minimum atomic E-state index is -4.75. The van der Waals surface area contributed by atoms with E-state index in [0.29, 0.717) is 12.1 Å². The maximum absolute atomic E-state index is 13.7. The van der Waals surface area contributed by atoms with Crippen LogP contribution in [-0.2, 0) is 45.3 Å². The number of ether oxygens (including phenoxy) is 2. The van der Waals surface area contributed by atoms with Crippen LogP contribution in [0.15, 0.2) is 79.6 Å². The van der Waals surface area contributed by atoms with Crippen molar-refractivity contribution < 1.29 is 70.6 Å². The summed E-state index contributed by atoms with van der Waals surface area (Å²) in [7, 11) is 5.19. The van der Waals surface area contributed by atoms with Crippen molar-refractivity contribution in [1.29, 1.82) is 0 Å². The fraction of sp³-hybridized carbons (Fsp3) is 0.357. The third-order valence-corrected chi connectivity index (χ3v) is 13.1. The Kier molecular flexibility index (Phi) is 18.9. The van der Waals surface area contributed by atoms with Crippen LogP contribution in [-0.4, -0.2) is 142 Å². The van der Waals surface area contributed by atoms with Crippen molar-refractivity contribution >= 4 is 98.4 Å². The largest absolute Gasteiger partial charge is 0.482 e. The van der Waals surface area contributed by atoms with E-state index >= 15 is 0 Å². The van der Waals surface area contributed by atoms with Gasteiger partial charge in [0.1, 0.15) is 34.7 Å². The van der Waals surface area contributed by atoms with Crippen LogP contribution in [0.25, 0.3) is 22.2 Å². The minimum absolute atomic E-state index is 0.0326. The molecule has 81 heavy (non-hydrogen) atoms. The lowest BCUT2D eigenvalue weighted by Crippen LogP contribution is -2.54. The van der Waals surface area contributed by atoms with Gasteiger partial charge in [0.25, 0.3) is 11.8 Å². The summed E-state index contributed by atoms with van der Waals surface area (Å²) >= 11 is 0. The van der Waals surface area contributed by atoms with Gasteiger partial charge in [-0.1, -0.05) is 30.8 Å². The average Bonchev–Trinajstić information content (AvgIpc) is 4.07. The second-order valence-corrected chi connectivity index (χ2v) is 19.7. The highest BCUT2D eigenvalue weighted by molar-refractivity contribution is 6.26. The number of carbonyl (C=O) groups excluding carboxylic acids is 10. The molecule has 0 saturated carbocycles. The molecule has 1 atom stereocenters. The molecule has 4 heterocycles. The highest BCUT2D eigenvalue weighted by Gasteiger charge is 2.46. The molecule has 5 aromatic rings. The van der Waals surface area contributed by atoms with Gasteiger partial charge in [-0.3, -0.25) is 53.4 Å². The number of benzene rings is 3. The highest BCUT2D eigenvalue weighted by atomic mass is 19.4. The number of fused-ring (bicyclic) bond motifs is 2. The molecule has 426 valence electrons. The summed E-state index contributed by atoms with van der Waals surface area (Å²) in [6.07, 6.45) is -2.74. The molecule has 25 heteroatoms. The van der Waals surface area contributed by atoms with Crippen molar-refractivity contribution in [3.8, 4) is 17.0 Å². The van der Waals surface area contributed by atoms with Crippen molar-refractivity contribution in [2.45, 2.75) is 83.5 Å². The summed E-state index contributed by atoms with van der Waals surface area (Å²) in [5.41, 5.74) is 1.60. The summed E-state index contributed by atoms with van der Waals surface area (Å²) in [6, 6.07) is 13.0. The first-order chi connectivity index (χ1) is 38.4. The maximum atomic E-state index is 13.7. The Morgan fingerprint density at radius 3 is 2.25 bits per heavy atom. The number of anilines is 5. The van der Waals surface area contributed by atoms with Crippen LogP contribution < -0.4 is 30.9 Å². The second-order valence-electron chi connectivity index (χ2n) is 19.7. The molecular weight excluding hydrogens is 1060 g/mol. The number of hydrogen-bond acceptors (Lipinski definition) is 17. The van der Waals surface area contributed by atoms with Gasteiger partial charge in [0, 0.05) is 107 Å². The first-order valence-electron chi connectivity index (χ1n) is 25.7. The number of hydrogen-bond donors (Lipinski definition) is 4. The number of carbonyl (C=O) groups is 10. The standard InChI is InChI=1S/C56H59F3N10O12/c1-7-46(73)62-40-26-41(63-55-60-28-37(54(79)81-31(2)3)50(65-55)38-29-68(6)42-14-9-8-11-35(38)42)45(80-30-56(57,58)59)27-44(40)67(5)24-23-66(4)22-21-33(71)16-15-32(70)17-18-34(72)25-48(75)61-39-13-10-12-36-49(39)53(78)69(52(36)77)43-19-20-47(74)64-51(43)76/h7-14,26-29,31,43H,1,15-25,30H2,2-6H3,(H,61,75)(H,62,73)(H,60,63,65)(H,64,74,76). The molecule has 2 aliphatic rings. The van der Waals surface area contributed by atoms with Gasteiger partial charge in [-0.05, 0) is 57.7 Å². The fourth-order valence-corrected chi connectivity index (χ4v) is 9.03. The summed E-state index contributed by atoms with van der Waals surface area (Å²) in [4.78, 5) is 141. The van der Waals surface area contributed by atoms with Gasteiger partial charge in [0.2, 0.25) is 29.6 Å². The number of rotatable bonds is 26. The Morgan fingerprint density at radius 2 is 1.56 bits per heavy atom. The van der Waals surface area contributed by atoms with Crippen molar-refractivity contribution in [2.75, 3.05) is 61.2 Å². The molecule has 0 aliphatic carbocycles. The van der Waals surface area contributed by atoms with Gasteiger partial charge in [-0.2, -0.15) is 13.2 Å². The van der Waals surface area contributed by atoms with Gasteiger partial charge in [0.15, 0.2) is 6.61 Å². The number of esters is 1. The molecule has 1 fully saturated rings. The molecule has 0 spiro atoms. The quantitative estimate of drug-likeness (QED) is 0.0200. The van der Waals surface area contributed by atoms with Gasteiger partial charge in [-0.25, -0.2) is 14.8 Å². The number of para-hydroxylation sites is 1. The number of nitrogens with one attached hydrogen (secondary N) is 4. The van der Waals surface area contributed by atoms with Crippen LogP contribution in [0.5, 0.6) is 5.75 Å². The Balaban J connectivity index is 0.932. The molecule has 1 saturated heterocycles. The first-order valence-corrected chi connectivity index (χ1v) is 25.7. The predicted octanol–water partition coefficient (Wildman–Crippen LogP) is 6.47. The minimum Gasteiger partial charge on any atom is -0.482 e. The van der Waals surface area contributed by atoms with Crippen LogP contribution in [0, 0.1) is 0 Å². The Labute approximate surface area is 462 Å². The van der Waals surface area contributed by atoms with Crippen LogP contribution in [0.2, 0.25) is 0 Å². The van der Waals surface area contributed by atoms with E-state index in [1.807, 2.05) is 40.8 Å². The molecule has 7 rings (SSSR count). The number of nitrogens with zero attached hydrogens (tertiary/aromatic N) is 6. The molecule has 0 radical (unpaired) electrons. The topological polar surface area (TPSA) is 278 Å². The normalized spacial score (nSPS) is 14.2. The zero-order valence-corrected chi connectivity index (χ0v) is 45.0. The number of likely N-dealkylation sites (N-methyl/N-ethyl adjacent to an activating group) is 2. The van der Waals surface area contributed by atoms with Gasteiger partial charge >= 0.3 is 12.1 Å². The number of Topliss-reactive ketones (excluding diaryl/α,β-unsaturated/α-hetero) is 3. The van der Waals surface area contributed by atoms with Crippen LogP contribution in [0.4, 0.5) is 41.9 Å². The zero-order chi connectivity index (χ0) is 58.9. The SMILES string of the molecule is C=CC(=O)Nc1cc(Nc2ncc(C(=O)OC(C)C)c(-c3cn(C)c4ccccc34)n2)c(OCC(F)(F)F)cc1N(C)CCN(C)CCC(=O)CCC(=O)CCC(=O)CC(=O)Nc1cccc2c1C(=O)N(C1CCC(=O)NC1=O)C2=O. The monoisotopic (exact) mass is 1120 g/mol. The van der Waals surface area contributed by atoms with Crippen molar-refractivity contribution in [3.05, 3.63) is 96.3 Å². The Hall–Kier alpha value is -9.13. The molecular formula is C56H59F3N10O12. The predicted molar refractivity (Wildman–Crippen MR) is 290 cm³/mol. The molecule has 4 N–H and O–H groups in total. The number of aryl methyl sites for hydroxylation is 1. The van der Waals surface area contributed by atoms with Gasteiger partial charge in [-0.15, -0.1) is 0 Å². The molecule has 6 amide bonds. The summed E-state index contributed by atoms with van der Waals surface area (Å²) in [5.74, 6) is -6.75. The third-order valence-electron chi connectivity index (χ3n) is 13.1. The van der Waals surface area contributed by atoms with E-state index in [9.17, 15) is 61.1 Å². The van der Waals surface area contributed by atoms with E-state index in [2.05, 4.69) is 37.8 Å². The average molecular weight is 1120 g/mol. The number of halogens is 3. The van der Waals surface area contributed by atoms with Gasteiger partial charge in [0.05, 0.1) is 52.1 Å². The number of piperidine rings is 1. The lowest BCUT2D eigenvalue weighted by molar-refractivity contribution is -0.153. The number of amides is 6. The van der Waals surface area contributed by atoms with E-state index in [0.717, 1.165) is 21.9 Å². The number of ketones is 3. The molecule has 22 nitrogen and oxygen atoms in total. The fourth-order valence-electron chi connectivity index (χ4n) is 9.03. The third kappa shape index (κ3) is 15.0. The molecule has 3 aromatic carbocycles. The van der Waals surface area contributed by atoms with E-state index < -0.39 is 78.5 Å². The zero-order valence-electron chi connectivity index (χ0n) is 45.0. The molecule has 2 aliphatic heterocycles. The summed E-state index contributed by atoms with van der Waals surface area (Å²) in [5, 5.41) is 10.9. The van der Waals surface area contributed by atoms with Crippen molar-refractivity contribution in [1.82, 2.24) is 29.7 Å². The van der Waals surface area contributed by atoms with Crippen LogP contribution in [0.1, 0.15) is 96.3 Å². The van der Waals surface area contributed by atoms with Crippen LogP contribution >= 0.6 is 0 Å². The molecule has 0 bridgehead atoms. The highest BCUT2D eigenvalue weighted by Crippen LogP contribution is 2.40. The van der Waals surface area contributed by atoms with E-state index in [-0.39, 0.29) is 126 Å². The number of alkyl halides is 3. The lowest BCUT2D eigenvalue weighted by Gasteiger charge is -2.27. The van der Waals surface area contributed by atoms with Gasteiger partial charge < -0.3 is 39.8 Å². The maximum Gasteiger partial charge on any atom is 0.422 e. The van der Waals surface area contributed by atoms with E-state index in [4.69, 9.17) is 9.47 Å². The van der Waals surface area contributed by atoms with E-state index in [1.165, 1.54) is 36.5 Å². The lowest BCUT2D eigenvalue weighted by atomic mass is 10.0. The molecule has 1 unspecified atom stereocenters. The Morgan fingerprint density at radius 1 is 0.852 bits per heavy atom.